The van der Waals surface area contributed by atoms with Crippen LogP contribution in [0.15, 0.2) is 42.1 Å². The van der Waals surface area contributed by atoms with Gasteiger partial charge in [-0.1, -0.05) is 18.2 Å². The second-order valence-corrected chi connectivity index (χ2v) is 4.45. The van der Waals surface area contributed by atoms with Crippen LogP contribution in [0.3, 0.4) is 0 Å². The highest BCUT2D eigenvalue weighted by molar-refractivity contribution is 6.17. The molecule has 1 aromatic carbocycles. The number of hydrogen-bond donors (Lipinski definition) is 1. The third kappa shape index (κ3) is 4.94. The number of anilines is 1. The van der Waals surface area contributed by atoms with Crippen molar-refractivity contribution < 1.29 is 4.79 Å². The number of alkyl halides is 1. The predicted molar refractivity (Wildman–Crippen MR) is 81.5 cm³/mol. The molecule has 0 aliphatic heterocycles. The van der Waals surface area contributed by atoms with Gasteiger partial charge in [0.1, 0.15) is 11.6 Å². The number of nitrogens with zero attached hydrogens (tertiary/aromatic N) is 2. The quantitative estimate of drug-likeness (QED) is 0.364. The molecule has 1 N–H and O–H groups in total. The molecule has 1 aromatic rings. The summed E-state index contributed by atoms with van der Waals surface area (Å²) >= 11 is 5.55. The van der Waals surface area contributed by atoms with Crippen LogP contribution in [0, 0.1) is 11.3 Å². The van der Waals surface area contributed by atoms with Crippen molar-refractivity contribution in [3.8, 4) is 6.07 Å². The summed E-state index contributed by atoms with van der Waals surface area (Å²) in [5, 5.41) is 11.8. The molecule has 1 rings (SSSR count). The van der Waals surface area contributed by atoms with Gasteiger partial charge in [0.05, 0.1) is 0 Å². The average Bonchev–Trinajstić information content (AvgIpc) is 2.49. The van der Waals surface area contributed by atoms with Crippen LogP contribution >= 0.6 is 11.6 Å². The van der Waals surface area contributed by atoms with Crippen LogP contribution in [0.5, 0.6) is 0 Å². The summed E-state index contributed by atoms with van der Waals surface area (Å²) in [5.74, 6) is 0.115. The smallest absolute Gasteiger partial charge is 0.263 e. The minimum Gasteiger partial charge on any atom is -0.351 e. The second kappa shape index (κ2) is 9.00. The largest absolute Gasteiger partial charge is 0.351 e. The van der Waals surface area contributed by atoms with Crippen molar-refractivity contribution in [2.75, 3.05) is 23.9 Å². The Morgan fingerprint density at radius 3 is 2.70 bits per heavy atom. The lowest BCUT2D eigenvalue weighted by atomic mass is 10.2. The van der Waals surface area contributed by atoms with Gasteiger partial charge >= 0.3 is 0 Å². The van der Waals surface area contributed by atoms with E-state index in [4.69, 9.17) is 16.9 Å². The van der Waals surface area contributed by atoms with Gasteiger partial charge in [0.15, 0.2) is 0 Å². The second-order valence-electron chi connectivity index (χ2n) is 4.07. The monoisotopic (exact) mass is 291 g/mol. The summed E-state index contributed by atoms with van der Waals surface area (Å²) in [6.45, 7) is 3.10. The van der Waals surface area contributed by atoms with Gasteiger partial charge in [-0.25, -0.2) is 0 Å². The van der Waals surface area contributed by atoms with E-state index in [-0.39, 0.29) is 11.5 Å². The molecule has 0 saturated heterocycles. The van der Waals surface area contributed by atoms with Gasteiger partial charge in [-0.3, -0.25) is 4.79 Å². The van der Waals surface area contributed by atoms with Crippen LogP contribution in [0.25, 0.3) is 0 Å². The topological polar surface area (TPSA) is 56.1 Å². The van der Waals surface area contributed by atoms with Crippen molar-refractivity contribution in [1.29, 1.82) is 5.26 Å². The van der Waals surface area contributed by atoms with E-state index in [1.54, 1.807) is 6.20 Å². The maximum atomic E-state index is 11.9. The molecule has 106 valence electrons. The first-order chi connectivity index (χ1) is 9.72. The van der Waals surface area contributed by atoms with Crippen molar-refractivity contribution >= 4 is 23.2 Å². The third-order valence-corrected chi connectivity index (χ3v) is 2.94. The number of nitriles is 1. The molecule has 0 atom stereocenters. The van der Waals surface area contributed by atoms with Crippen LogP contribution in [0.1, 0.15) is 13.3 Å². The molecule has 0 radical (unpaired) electrons. The summed E-state index contributed by atoms with van der Waals surface area (Å²) in [6, 6.07) is 11.6. The Balaban J connectivity index is 2.81. The van der Waals surface area contributed by atoms with Crippen LogP contribution in [0.4, 0.5) is 5.69 Å². The van der Waals surface area contributed by atoms with Crippen molar-refractivity contribution in [3.63, 3.8) is 0 Å². The number of halogens is 1. The first-order valence-electron chi connectivity index (χ1n) is 6.50. The molecule has 0 fully saturated rings. The lowest BCUT2D eigenvalue weighted by Crippen LogP contribution is -2.27. The minimum atomic E-state index is -0.369. The number of carbonyl (C=O) groups excluding carboxylic acids is 1. The Kier molecular flexibility index (Phi) is 7.23. The van der Waals surface area contributed by atoms with E-state index in [9.17, 15) is 4.79 Å². The maximum Gasteiger partial charge on any atom is 0.263 e. The molecule has 20 heavy (non-hydrogen) atoms. The third-order valence-electron chi connectivity index (χ3n) is 2.67. The van der Waals surface area contributed by atoms with Crippen LogP contribution in [-0.4, -0.2) is 24.9 Å². The van der Waals surface area contributed by atoms with E-state index in [0.29, 0.717) is 25.4 Å². The molecular weight excluding hydrogens is 274 g/mol. The zero-order valence-electron chi connectivity index (χ0n) is 11.5. The minimum absolute atomic E-state index is 0.0882. The average molecular weight is 292 g/mol. The van der Waals surface area contributed by atoms with E-state index in [2.05, 4.69) is 5.32 Å². The van der Waals surface area contributed by atoms with Gasteiger partial charge in [-0.05, 0) is 25.5 Å². The first kappa shape index (κ1) is 16.1. The van der Waals surface area contributed by atoms with Gasteiger partial charge in [0.25, 0.3) is 5.91 Å². The summed E-state index contributed by atoms with van der Waals surface area (Å²) in [7, 11) is 0. The molecule has 0 aromatic heterocycles. The standard InChI is InChI=1S/C15H18ClN3O/c1-2-19(14-7-4-3-5-8-14)12-13(11-17)15(20)18-10-6-9-16/h3-5,7-8,12H,2,6,9-10H2,1H3,(H,18,20)/b13-12-. The predicted octanol–water partition coefficient (Wildman–Crippen LogP) is 2.67. The molecule has 0 spiro atoms. The number of amides is 1. The highest BCUT2D eigenvalue weighted by Gasteiger charge is 2.10. The zero-order chi connectivity index (χ0) is 14.8. The summed E-state index contributed by atoms with van der Waals surface area (Å²) in [4.78, 5) is 13.7. The number of para-hydroxylation sites is 1. The highest BCUT2D eigenvalue weighted by Crippen LogP contribution is 2.14. The van der Waals surface area contributed by atoms with Crippen LogP contribution in [0.2, 0.25) is 0 Å². The van der Waals surface area contributed by atoms with E-state index >= 15 is 0 Å². The highest BCUT2D eigenvalue weighted by atomic mass is 35.5. The maximum absolute atomic E-state index is 11.9. The van der Waals surface area contributed by atoms with Gasteiger partial charge < -0.3 is 10.2 Å². The fourth-order valence-electron chi connectivity index (χ4n) is 1.63. The Morgan fingerprint density at radius 1 is 1.45 bits per heavy atom. The number of nitrogens with one attached hydrogen (secondary N) is 1. The molecule has 0 aliphatic carbocycles. The van der Waals surface area contributed by atoms with Gasteiger partial charge in [0, 0.05) is 30.9 Å². The molecule has 0 saturated carbocycles. The molecule has 1 amide bonds. The Labute approximate surface area is 124 Å². The van der Waals surface area contributed by atoms with E-state index in [0.717, 1.165) is 5.69 Å². The fourth-order valence-corrected chi connectivity index (χ4v) is 1.76. The molecule has 0 unspecified atom stereocenters. The summed E-state index contributed by atoms with van der Waals surface area (Å²) < 4.78 is 0. The molecule has 0 aliphatic rings. The Bertz CT molecular complexity index is 494. The number of benzene rings is 1. The van der Waals surface area contributed by atoms with Crippen LogP contribution in [-0.2, 0) is 4.79 Å². The van der Waals surface area contributed by atoms with Crippen molar-refractivity contribution in [2.24, 2.45) is 0 Å². The molecule has 0 bridgehead atoms. The normalized spacial score (nSPS) is 10.8. The van der Waals surface area contributed by atoms with E-state index in [1.165, 1.54) is 0 Å². The Morgan fingerprint density at radius 2 is 2.15 bits per heavy atom. The van der Waals surface area contributed by atoms with Gasteiger partial charge in [-0.15, -0.1) is 11.6 Å². The Hall–Kier alpha value is -1.99. The zero-order valence-corrected chi connectivity index (χ0v) is 12.2. The lowest BCUT2D eigenvalue weighted by Gasteiger charge is -2.18. The van der Waals surface area contributed by atoms with Crippen molar-refractivity contribution in [2.45, 2.75) is 13.3 Å². The number of rotatable bonds is 7. The lowest BCUT2D eigenvalue weighted by molar-refractivity contribution is -0.117. The summed E-state index contributed by atoms with van der Waals surface area (Å²) in [5.41, 5.74) is 1.03. The van der Waals surface area contributed by atoms with E-state index < -0.39 is 0 Å². The summed E-state index contributed by atoms with van der Waals surface area (Å²) in [6.07, 6.45) is 2.26. The fraction of sp³-hybridized carbons (Fsp3) is 0.333. The van der Waals surface area contributed by atoms with Crippen molar-refractivity contribution in [1.82, 2.24) is 5.32 Å². The van der Waals surface area contributed by atoms with Crippen molar-refractivity contribution in [3.05, 3.63) is 42.1 Å². The molecule has 5 heteroatoms. The SMILES string of the molecule is CCN(/C=C(/C#N)C(=O)NCCCCl)c1ccccc1. The molecule has 0 heterocycles. The molecular formula is C15H18ClN3O. The van der Waals surface area contributed by atoms with Gasteiger partial charge in [-0.2, -0.15) is 5.26 Å². The van der Waals surface area contributed by atoms with E-state index in [1.807, 2.05) is 48.2 Å². The molecule has 4 nitrogen and oxygen atoms in total. The van der Waals surface area contributed by atoms with Gasteiger partial charge in [0.2, 0.25) is 0 Å². The number of carbonyl (C=O) groups is 1. The first-order valence-corrected chi connectivity index (χ1v) is 7.04. The number of hydrogen-bond acceptors (Lipinski definition) is 3. The van der Waals surface area contributed by atoms with Crippen LogP contribution < -0.4 is 10.2 Å².